The first-order valence-electron chi connectivity index (χ1n) is 14.9. The molecule has 0 aromatic heterocycles. The molecule has 2 bridgehead atoms. The summed E-state index contributed by atoms with van der Waals surface area (Å²) in [6.45, 7) is 6.85. The maximum atomic E-state index is 12.9. The Labute approximate surface area is 274 Å². The number of ether oxygens (including phenoxy) is 4. The third-order valence-corrected chi connectivity index (χ3v) is 8.52. The Hall–Kier alpha value is -4.83. The molecule has 2 aromatic rings. The van der Waals surface area contributed by atoms with Gasteiger partial charge < -0.3 is 49.8 Å². The van der Waals surface area contributed by atoms with Crippen LogP contribution in [0.1, 0.15) is 37.8 Å². The number of hydrogen-bond acceptors (Lipinski definition) is 11. The molecule has 4 rings (SSSR count). The van der Waals surface area contributed by atoms with Crippen LogP contribution in [-0.4, -0.2) is 96.9 Å². The molecule has 1 amide bonds. The Morgan fingerprint density at radius 1 is 0.958 bits per heavy atom. The third kappa shape index (κ3) is 6.62. The molecule has 8 atom stereocenters. The summed E-state index contributed by atoms with van der Waals surface area (Å²) in [5.41, 5.74) is -5.75. The zero-order valence-corrected chi connectivity index (χ0v) is 26.1. The highest BCUT2D eigenvalue weighted by molar-refractivity contribution is 5.98. The van der Waals surface area contributed by atoms with Gasteiger partial charge in [0.25, 0.3) is 5.60 Å². The lowest BCUT2D eigenvalue weighted by Gasteiger charge is -2.48. The molecule has 2 fully saturated rings. The van der Waals surface area contributed by atoms with Crippen LogP contribution < -0.4 is 5.32 Å². The molecule has 258 valence electrons. The first-order valence-corrected chi connectivity index (χ1v) is 14.9. The molecule has 6 N–H and O–H groups in total. The summed E-state index contributed by atoms with van der Waals surface area (Å²) < 4.78 is 21.9. The third-order valence-electron chi connectivity index (χ3n) is 8.52. The minimum atomic E-state index is -3.92. The number of esters is 1. The van der Waals surface area contributed by atoms with Crippen LogP contribution in [0.15, 0.2) is 72.8 Å². The molecule has 2 aliphatic heterocycles. The number of carbonyl (C=O) groups is 5. The average molecular weight is 672 g/mol. The van der Waals surface area contributed by atoms with Gasteiger partial charge in [0.05, 0.1) is 0 Å². The second-order valence-corrected chi connectivity index (χ2v) is 11.8. The average Bonchev–Trinajstić information content (AvgIpc) is 3.25. The molecule has 0 spiro atoms. The maximum Gasteiger partial charge on any atom is 0.407 e. The number of amides is 1. The summed E-state index contributed by atoms with van der Waals surface area (Å²) in [5.74, 6) is -10.4. The van der Waals surface area contributed by atoms with Crippen molar-refractivity contribution >= 4 is 30.0 Å². The van der Waals surface area contributed by atoms with Crippen molar-refractivity contribution in [2.75, 3.05) is 0 Å². The molecular formula is C33H37NO14. The molecule has 2 saturated heterocycles. The van der Waals surface area contributed by atoms with Gasteiger partial charge in [-0.05, 0) is 29.5 Å². The van der Waals surface area contributed by atoms with Crippen molar-refractivity contribution in [1.29, 1.82) is 0 Å². The standard InChI is InChI=1S/C33H37NO14/c1-18(23(45-20(3)35)19(2)16-21-10-6-4-7-11-21)14-15-31-24(36)25(46-30(43)34-17-22-12-8-5-9-13-22)33(48-31,29(41)42)32(44,28(39)40)26(47-31)27(37)38/h4-13,19,23-26,36,44H,1,14-17H2,2-3H3,(H,34,43)(H,37,38)(H,39,40)(H,41,42)/t19-,23-,24-,25-,26?,31?,32?,33?/m1/s1. The summed E-state index contributed by atoms with van der Waals surface area (Å²) in [7, 11) is 0. The first kappa shape index (κ1) is 36.0. The van der Waals surface area contributed by atoms with E-state index in [1.54, 1.807) is 37.3 Å². The Bertz CT molecular complexity index is 1550. The van der Waals surface area contributed by atoms with Crippen LogP contribution in [0.25, 0.3) is 0 Å². The molecule has 0 radical (unpaired) electrons. The monoisotopic (exact) mass is 671 g/mol. The van der Waals surface area contributed by atoms with Gasteiger partial charge in [0.15, 0.2) is 6.10 Å². The number of hydrogen-bond donors (Lipinski definition) is 6. The highest BCUT2D eigenvalue weighted by Crippen LogP contribution is 2.55. The summed E-state index contributed by atoms with van der Waals surface area (Å²) in [6.07, 6.45) is -10.4. The van der Waals surface area contributed by atoms with Crippen LogP contribution >= 0.6 is 0 Å². The first-order chi connectivity index (χ1) is 22.6. The van der Waals surface area contributed by atoms with Gasteiger partial charge in [0.1, 0.15) is 12.2 Å². The maximum absolute atomic E-state index is 12.9. The second kappa shape index (κ2) is 14.1. The number of aliphatic carboxylic acids is 3. The van der Waals surface area contributed by atoms with Crippen molar-refractivity contribution in [2.24, 2.45) is 5.92 Å². The van der Waals surface area contributed by atoms with Gasteiger partial charge in [0, 0.05) is 25.8 Å². The quantitative estimate of drug-likeness (QED) is 0.124. The zero-order valence-electron chi connectivity index (χ0n) is 26.1. The van der Waals surface area contributed by atoms with Gasteiger partial charge >= 0.3 is 30.0 Å². The predicted molar refractivity (Wildman–Crippen MR) is 162 cm³/mol. The van der Waals surface area contributed by atoms with Crippen LogP contribution in [0.4, 0.5) is 4.79 Å². The number of rotatable bonds is 14. The number of benzene rings is 2. The lowest BCUT2D eigenvalue weighted by Crippen LogP contribution is -2.78. The topological polar surface area (TPSA) is 235 Å². The molecule has 2 heterocycles. The summed E-state index contributed by atoms with van der Waals surface area (Å²) >= 11 is 0. The summed E-state index contributed by atoms with van der Waals surface area (Å²) in [5, 5.41) is 55.7. The molecule has 2 aromatic carbocycles. The van der Waals surface area contributed by atoms with E-state index in [1.165, 1.54) is 6.92 Å². The SMILES string of the molecule is C=C(CCC12OC(C(=O)O)C(O)(C(=O)O)C(C(=O)O)(O1)[C@H](OC(=O)NCc1ccccc1)[C@H]2O)[C@@H](OC(C)=O)[C@H](C)Cc1ccccc1. The largest absolute Gasteiger partial charge is 0.479 e. The van der Waals surface area contributed by atoms with Crippen molar-refractivity contribution in [1.82, 2.24) is 5.32 Å². The highest BCUT2D eigenvalue weighted by Gasteiger charge is 2.85. The number of fused-ring (bicyclic) bond motifs is 2. The lowest BCUT2D eigenvalue weighted by molar-refractivity contribution is -0.373. The van der Waals surface area contributed by atoms with Gasteiger partial charge in [-0.25, -0.2) is 19.2 Å². The Morgan fingerprint density at radius 3 is 2.06 bits per heavy atom. The van der Waals surface area contributed by atoms with E-state index in [-0.39, 0.29) is 24.5 Å². The van der Waals surface area contributed by atoms with Crippen molar-refractivity contribution in [3.8, 4) is 0 Å². The molecular weight excluding hydrogens is 634 g/mol. The number of carboxylic acids is 3. The van der Waals surface area contributed by atoms with E-state index >= 15 is 0 Å². The number of carbonyl (C=O) groups excluding carboxylic acids is 2. The van der Waals surface area contributed by atoms with Crippen LogP contribution in [0.2, 0.25) is 0 Å². The Kier molecular flexibility index (Phi) is 10.6. The van der Waals surface area contributed by atoms with E-state index in [9.17, 15) is 49.5 Å². The molecule has 0 saturated carbocycles. The van der Waals surface area contributed by atoms with Gasteiger partial charge in [-0.1, -0.05) is 74.2 Å². The van der Waals surface area contributed by atoms with E-state index in [4.69, 9.17) is 18.9 Å². The Morgan fingerprint density at radius 2 is 1.54 bits per heavy atom. The minimum Gasteiger partial charge on any atom is -0.479 e. The number of nitrogens with one attached hydrogen (secondary N) is 1. The van der Waals surface area contributed by atoms with Crippen molar-refractivity contribution in [3.63, 3.8) is 0 Å². The Balaban J connectivity index is 1.68. The second-order valence-electron chi connectivity index (χ2n) is 11.8. The zero-order chi connectivity index (χ0) is 35.4. The molecule has 15 heteroatoms. The molecule has 48 heavy (non-hydrogen) atoms. The van der Waals surface area contributed by atoms with Crippen molar-refractivity contribution in [3.05, 3.63) is 83.9 Å². The molecule has 2 aliphatic rings. The van der Waals surface area contributed by atoms with Gasteiger partial charge in [-0.2, -0.15) is 0 Å². The lowest BCUT2D eigenvalue weighted by atomic mass is 9.74. The fourth-order valence-electron chi connectivity index (χ4n) is 6.22. The van der Waals surface area contributed by atoms with E-state index in [0.29, 0.717) is 12.0 Å². The predicted octanol–water partition coefficient (Wildman–Crippen LogP) is 1.64. The number of alkyl carbamates (subject to hydrolysis) is 1. The fraction of sp³-hybridized carbons (Fsp3) is 0.424. The normalized spacial score (nSPS) is 28.8. The molecule has 15 nitrogen and oxygen atoms in total. The minimum absolute atomic E-state index is 0.134. The van der Waals surface area contributed by atoms with Gasteiger partial charge in [-0.15, -0.1) is 0 Å². The van der Waals surface area contributed by atoms with E-state index in [2.05, 4.69) is 11.9 Å². The highest BCUT2D eigenvalue weighted by atomic mass is 16.8. The van der Waals surface area contributed by atoms with Crippen LogP contribution in [-0.2, 0) is 51.1 Å². The van der Waals surface area contributed by atoms with Crippen molar-refractivity contribution in [2.45, 2.75) is 81.1 Å². The van der Waals surface area contributed by atoms with Crippen LogP contribution in [0.5, 0.6) is 0 Å². The summed E-state index contributed by atoms with van der Waals surface area (Å²) in [6, 6.07) is 17.7. The molecule has 4 unspecified atom stereocenters. The van der Waals surface area contributed by atoms with Crippen LogP contribution in [0.3, 0.4) is 0 Å². The van der Waals surface area contributed by atoms with Gasteiger partial charge in [0.2, 0.25) is 17.5 Å². The van der Waals surface area contributed by atoms with Crippen molar-refractivity contribution < 1.29 is 68.5 Å². The number of aliphatic hydroxyl groups is 2. The smallest absolute Gasteiger partial charge is 0.407 e. The van der Waals surface area contributed by atoms with E-state index < -0.39 is 77.8 Å². The number of aliphatic hydroxyl groups excluding tert-OH is 1. The van der Waals surface area contributed by atoms with Gasteiger partial charge in [-0.3, -0.25) is 4.79 Å². The number of carboxylic acid groups (broad SMARTS) is 3. The summed E-state index contributed by atoms with van der Waals surface area (Å²) in [4.78, 5) is 62.7. The van der Waals surface area contributed by atoms with Crippen LogP contribution in [0, 0.1) is 5.92 Å². The fourth-order valence-corrected chi connectivity index (χ4v) is 6.22. The van der Waals surface area contributed by atoms with E-state index in [1.807, 2.05) is 30.3 Å². The molecule has 0 aliphatic carbocycles. The van der Waals surface area contributed by atoms with E-state index in [0.717, 1.165) is 5.56 Å².